The highest BCUT2D eigenvalue weighted by atomic mass is 35.5. The molecule has 0 saturated heterocycles. The average Bonchev–Trinajstić information content (AvgIpc) is 2.96. The molecule has 2 N–H and O–H groups in total. The summed E-state index contributed by atoms with van der Waals surface area (Å²) >= 11 is 6.11. The molecule has 1 aromatic carbocycles. The van der Waals surface area contributed by atoms with Gasteiger partial charge in [-0.3, -0.25) is 4.68 Å². The molecule has 0 atom stereocenters. The second-order valence-electron chi connectivity index (χ2n) is 5.00. The van der Waals surface area contributed by atoms with Crippen molar-refractivity contribution in [1.29, 1.82) is 0 Å². The van der Waals surface area contributed by atoms with Crippen molar-refractivity contribution < 1.29 is 4.39 Å². The lowest BCUT2D eigenvalue weighted by molar-refractivity contribution is 0.618. The van der Waals surface area contributed by atoms with Gasteiger partial charge in [0.2, 0.25) is 5.95 Å². The minimum Gasteiger partial charge on any atom is -0.356 e. The van der Waals surface area contributed by atoms with E-state index >= 15 is 0 Å². The van der Waals surface area contributed by atoms with Gasteiger partial charge in [-0.15, -0.1) is 0 Å². The Morgan fingerprint density at radius 1 is 1.29 bits per heavy atom. The van der Waals surface area contributed by atoms with Crippen molar-refractivity contribution in [3.63, 3.8) is 0 Å². The predicted molar refractivity (Wildman–Crippen MR) is 91.3 cm³/mol. The Bertz CT molecular complexity index is 850. The molecule has 0 unspecified atom stereocenters. The third-order valence-corrected chi connectivity index (χ3v) is 3.45. The molecule has 24 heavy (non-hydrogen) atoms. The van der Waals surface area contributed by atoms with Crippen LogP contribution in [0.4, 0.5) is 21.8 Å². The van der Waals surface area contributed by atoms with Gasteiger partial charge in [-0.1, -0.05) is 29.8 Å². The Kier molecular flexibility index (Phi) is 4.61. The fourth-order valence-corrected chi connectivity index (χ4v) is 2.18. The molecular formula is C16H14ClFN6. The number of benzene rings is 1. The largest absolute Gasteiger partial charge is 0.356 e. The summed E-state index contributed by atoms with van der Waals surface area (Å²) in [6.07, 6.45) is 4.87. The van der Waals surface area contributed by atoms with E-state index in [4.69, 9.17) is 11.6 Å². The second kappa shape index (κ2) is 6.84. The van der Waals surface area contributed by atoms with E-state index in [1.54, 1.807) is 42.3 Å². The third kappa shape index (κ3) is 3.62. The van der Waals surface area contributed by atoms with Gasteiger partial charge in [0.1, 0.15) is 10.8 Å². The van der Waals surface area contributed by atoms with Crippen molar-refractivity contribution in [2.24, 2.45) is 7.05 Å². The van der Waals surface area contributed by atoms with Gasteiger partial charge in [-0.05, 0) is 13.0 Å². The van der Waals surface area contributed by atoms with E-state index in [0.29, 0.717) is 28.4 Å². The maximum Gasteiger partial charge on any atom is 0.229 e. The van der Waals surface area contributed by atoms with Crippen LogP contribution < -0.4 is 10.6 Å². The monoisotopic (exact) mass is 344 g/mol. The quantitative estimate of drug-likeness (QED) is 0.740. The fourth-order valence-electron chi connectivity index (χ4n) is 2.05. The fraction of sp³-hybridized carbons (Fsp3) is 0.0625. The molecule has 0 aliphatic rings. The van der Waals surface area contributed by atoms with Crippen LogP contribution in [0.5, 0.6) is 0 Å². The van der Waals surface area contributed by atoms with Crippen LogP contribution in [0.2, 0.25) is 5.02 Å². The minimum atomic E-state index is -0.381. The maximum atomic E-state index is 13.8. The molecule has 2 aromatic heterocycles. The van der Waals surface area contributed by atoms with Crippen LogP contribution in [-0.4, -0.2) is 19.7 Å². The molecule has 6 nitrogen and oxygen atoms in total. The minimum absolute atomic E-state index is 0.296. The van der Waals surface area contributed by atoms with E-state index < -0.39 is 0 Å². The molecule has 0 spiro atoms. The first-order valence-electron chi connectivity index (χ1n) is 7.02. The maximum absolute atomic E-state index is 13.8. The van der Waals surface area contributed by atoms with Gasteiger partial charge in [0.15, 0.2) is 5.82 Å². The molecule has 3 rings (SSSR count). The standard InChI is InChI=1S/C16H14ClFN6/c1-10(12-5-3-4-6-14(12)18)21-15-13(17)8-19-16(23-15)22-11-7-20-24(2)9-11/h3-9H,1H2,2H3,(H2,19,21,22,23). The number of halogens is 2. The zero-order chi connectivity index (χ0) is 17.1. The lowest BCUT2D eigenvalue weighted by atomic mass is 10.1. The first-order chi connectivity index (χ1) is 11.5. The lowest BCUT2D eigenvalue weighted by Gasteiger charge is -2.15. The normalized spacial score (nSPS) is 10.9. The van der Waals surface area contributed by atoms with E-state index in [1.165, 1.54) is 12.3 Å². The number of aromatic nitrogens is 4. The van der Waals surface area contributed by atoms with Crippen LogP contribution in [0.3, 0.4) is 0 Å². The summed E-state index contributed by atoms with van der Waals surface area (Å²) in [5.41, 5.74) is 1.08. The van der Waals surface area contributed by atoms with Crippen LogP contribution in [-0.2, 0) is 7.05 Å². The first kappa shape index (κ1) is 16.2. The zero-order valence-electron chi connectivity index (χ0n) is 12.8. The van der Waals surface area contributed by atoms with Crippen LogP contribution in [0.15, 0.2) is 42.9 Å². The van der Waals surface area contributed by atoms with Gasteiger partial charge < -0.3 is 10.6 Å². The van der Waals surface area contributed by atoms with Crippen LogP contribution in [0, 0.1) is 18.8 Å². The van der Waals surface area contributed by atoms with Crippen molar-refractivity contribution >= 4 is 29.1 Å². The molecule has 8 heteroatoms. The third-order valence-electron chi connectivity index (χ3n) is 3.17. The average molecular weight is 345 g/mol. The summed E-state index contributed by atoms with van der Waals surface area (Å²) in [4.78, 5) is 8.39. The van der Waals surface area contributed by atoms with E-state index in [2.05, 4.69) is 32.6 Å². The lowest BCUT2D eigenvalue weighted by Crippen LogP contribution is -2.12. The Morgan fingerprint density at radius 3 is 2.79 bits per heavy atom. The number of aryl methyl sites for hydroxylation is 1. The van der Waals surface area contributed by atoms with Gasteiger partial charge in [-0.25, -0.2) is 9.37 Å². The second-order valence-corrected chi connectivity index (χ2v) is 5.41. The van der Waals surface area contributed by atoms with E-state index in [1.807, 2.05) is 0 Å². The van der Waals surface area contributed by atoms with Crippen LogP contribution in [0.1, 0.15) is 5.56 Å². The summed E-state index contributed by atoms with van der Waals surface area (Å²) in [7, 11) is 1.80. The SMILES string of the molecule is [CH2][C](Nc1nc(Nc2cnn(C)c2)ncc1Cl)c1ccccc1F. The highest BCUT2D eigenvalue weighted by molar-refractivity contribution is 6.32. The summed E-state index contributed by atoms with van der Waals surface area (Å²) in [5.74, 6) is 0.274. The Hall–Kier alpha value is -2.67. The van der Waals surface area contributed by atoms with Crippen molar-refractivity contribution in [1.82, 2.24) is 19.7 Å². The molecule has 0 fully saturated rings. The molecule has 0 amide bonds. The van der Waals surface area contributed by atoms with Gasteiger partial charge in [-0.2, -0.15) is 10.1 Å². The molecule has 0 bridgehead atoms. The highest BCUT2D eigenvalue weighted by Gasteiger charge is 2.14. The predicted octanol–water partition coefficient (Wildman–Crippen LogP) is 3.57. The Balaban J connectivity index is 1.80. The van der Waals surface area contributed by atoms with Crippen LogP contribution in [0.25, 0.3) is 0 Å². The van der Waals surface area contributed by atoms with Crippen molar-refractivity contribution in [3.8, 4) is 0 Å². The van der Waals surface area contributed by atoms with E-state index in [-0.39, 0.29) is 5.82 Å². The van der Waals surface area contributed by atoms with Crippen molar-refractivity contribution in [3.05, 3.63) is 72.2 Å². The number of nitrogens with one attached hydrogen (secondary N) is 2. The van der Waals surface area contributed by atoms with E-state index in [0.717, 1.165) is 5.69 Å². The summed E-state index contributed by atoms with van der Waals surface area (Å²) in [5, 5.41) is 10.3. The van der Waals surface area contributed by atoms with Crippen molar-refractivity contribution in [2.75, 3.05) is 10.6 Å². The number of rotatable bonds is 5. The number of hydrogen-bond donors (Lipinski definition) is 2. The number of nitrogens with zero attached hydrogens (tertiary/aromatic N) is 4. The molecule has 0 aliphatic carbocycles. The van der Waals surface area contributed by atoms with E-state index in [9.17, 15) is 4.39 Å². The van der Waals surface area contributed by atoms with Crippen molar-refractivity contribution in [2.45, 2.75) is 0 Å². The zero-order valence-corrected chi connectivity index (χ0v) is 13.5. The van der Waals surface area contributed by atoms with Crippen LogP contribution >= 0.6 is 11.6 Å². The van der Waals surface area contributed by atoms with Gasteiger partial charge in [0.05, 0.1) is 24.1 Å². The van der Waals surface area contributed by atoms with Gasteiger partial charge in [0.25, 0.3) is 0 Å². The number of anilines is 3. The number of hydrogen-bond acceptors (Lipinski definition) is 5. The molecule has 122 valence electrons. The first-order valence-corrected chi connectivity index (χ1v) is 7.40. The molecule has 0 saturated carbocycles. The molecule has 0 aliphatic heterocycles. The highest BCUT2D eigenvalue weighted by Crippen LogP contribution is 2.26. The van der Waals surface area contributed by atoms with Gasteiger partial charge in [0, 0.05) is 18.8 Å². The Labute approximate surface area is 143 Å². The molecular weight excluding hydrogens is 331 g/mol. The summed E-state index contributed by atoms with van der Waals surface area (Å²) in [6.45, 7) is 3.84. The molecule has 2 radical (unpaired) electrons. The van der Waals surface area contributed by atoms with Gasteiger partial charge >= 0.3 is 0 Å². The Morgan fingerprint density at radius 2 is 2.08 bits per heavy atom. The molecule has 3 aromatic rings. The summed E-state index contributed by atoms with van der Waals surface area (Å²) < 4.78 is 15.5. The smallest absolute Gasteiger partial charge is 0.229 e. The summed E-state index contributed by atoms with van der Waals surface area (Å²) in [6, 6.07) is 6.66. The molecule has 2 heterocycles. The topological polar surface area (TPSA) is 67.7 Å².